The molecule has 1 aromatic carbocycles. The lowest BCUT2D eigenvalue weighted by molar-refractivity contribution is -0.136. The Morgan fingerprint density at radius 1 is 1.30 bits per heavy atom. The number of urea groups is 1. The molecule has 0 bridgehead atoms. The van der Waals surface area contributed by atoms with E-state index in [1.54, 1.807) is 0 Å². The smallest absolute Gasteiger partial charge is 0.318 e. The van der Waals surface area contributed by atoms with Gasteiger partial charge >= 0.3 is 12.0 Å². The van der Waals surface area contributed by atoms with Crippen LogP contribution in [-0.2, 0) is 16.0 Å². The molecule has 1 saturated heterocycles. The van der Waals surface area contributed by atoms with Crippen molar-refractivity contribution in [3.63, 3.8) is 0 Å². The number of aliphatic carboxylic acids is 1. The molecule has 3 N–H and O–H groups in total. The van der Waals surface area contributed by atoms with Gasteiger partial charge in [0.1, 0.15) is 6.04 Å². The molecule has 1 aromatic rings. The summed E-state index contributed by atoms with van der Waals surface area (Å²) in [6.07, 6.45) is 0.956. The Bertz CT molecular complexity index is 562. The maximum Gasteiger partial charge on any atom is 0.318 e. The minimum Gasteiger partial charge on any atom is -0.481 e. The second-order valence-electron chi connectivity index (χ2n) is 5.42. The van der Waals surface area contributed by atoms with E-state index in [4.69, 9.17) is 5.11 Å². The number of hydrogen-bond donors (Lipinski definition) is 3. The number of carboxylic acid groups (broad SMARTS) is 1. The van der Waals surface area contributed by atoms with Crippen LogP contribution in [0.2, 0.25) is 0 Å². The van der Waals surface area contributed by atoms with E-state index in [0.717, 1.165) is 5.56 Å². The summed E-state index contributed by atoms with van der Waals surface area (Å²) < 4.78 is 0. The zero-order valence-corrected chi connectivity index (χ0v) is 12.8. The minimum atomic E-state index is -0.972. The molecule has 7 nitrogen and oxygen atoms in total. The fraction of sp³-hybridized carbons (Fsp3) is 0.438. The molecule has 1 fully saturated rings. The average Bonchev–Trinajstić information content (AvgIpc) is 2.70. The fourth-order valence-corrected chi connectivity index (χ4v) is 2.54. The van der Waals surface area contributed by atoms with Crippen LogP contribution >= 0.6 is 0 Å². The van der Waals surface area contributed by atoms with E-state index in [2.05, 4.69) is 10.6 Å². The van der Waals surface area contributed by atoms with E-state index in [0.29, 0.717) is 25.9 Å². The van der Waals surface area contributed by atoms with Gasteiger partial charge in [-0.25, -0.2) is 4.79 Å². The lowest BCUT2D eigenvalue weighted by atomic mass is 10.0. The number of hydrogen-bond acceptors (Lipinski definition) is 3. The zero-order chi connectivity index (χ0) is 16.7. The molecule has 1 heterocycles. The SMILES string of the molecule is O=C(O)CCNC(=O)N1CCCNC(=O)C1Cc1ccccc1. The summed E-state index contributed by atoms with van der Waals surface area (Å²) in [6.45, 7) is 1.03. The molecule has 3 amide bonds. The minimum absolute atomic E-state index is 0.0460. The largest absolute Gasteiger partial charge is 0.481 e. The number of amides is 3. The zero-order valence-electron chi connectivity index (χ0n) is 12.8. The summed E-state index contributed by atoms with van der Waals surface area (Å²) in [5, 5.41) is 14.0. The Hall–Kier alpha value is -2.57. The van der Waals surface area contributed by atoms with Gasteiger partial charge in [-0.3, -0.25) is 9.59 Å². The van der Waals surface area contributed by atoms with Gasteiger partial charge in [-0.1, -0.05) is 30.3 Å². The van der Waals surface area contributed by atoms with Gasteiger partial charge in [0.15, 0.2) is 0 Å². The van der Waals surface area contributed by atoms with E-state index >= 15 is 0 Å². The molecule has 2 rings (SSSR count). The third kappa shape index (κ3) is 4.98. The molecule has 7 heteroatoms. The first-order valence-electron chi connectivity index (χ1n) is 7.66. The summed E-state index contributed by atoms with van der Waals surface area (Å²) in [4.78, 5) is 36.6. The number of carbonyl (C=O) groups excluding carboxylic acids is 2. The second-order valence-corrected chi connectivity index (χ2v) is 5.42. The monoisotopic (exact) mass is 319 g/mol. The Balaban J connectivity index is 2.07. The van der Waals surface area contributed by atoms with Crippen molar-refractivity contribution in [3.8, 4) is 0 Å². The van der Waals surface area contributed by atoms with Crippen LogP contribution in [0.4, 0.5) is 4.79 Å². The molecule has 0 spiro atoms. The quantitative estimate of drug-likeness (QED) is 0.740. The lowest BCUT2D eigenvalue weighted by Gasteiger charge is -2.28. The van der Waals surface area contributed by atoms with Gasteiger partial charge in [-0.2, -0.15) is 0 Å². The van der Waals surface area contributed by atoms with Crippen LogP contribution in [0.5, 0.6) is 0 Å². The number of carboxylic acids is 1. The van der Waals surface area contributed by atoms with Crippen LogP contribution in [0.15, 0.2) is 30.3 Å². The van der Waals surface area contributed by atoms with Crippen molar-refractivity contribution in [3.05, 3.63) is 35.9 Å². The molecular formula is C16H21N3O4. The van der Waals surface area contributed by atoms with Crippen LogP contribution in [0.1, 0.15) is 18.4 Å². The Morgan fingerprint density at radius 3 is 2.74 bits per heavy atom. The number of rotatable bonds is 5. The molecular weight excluding hydrogens is 298 g/mol. The van der Waals surface area contributed by atoms with E-state index in [1.165, 1.54) is 4.90 Å². The number of benzene rings is 1. The standard InChI is InChI=1S/C16H21N3O4/c20-14(21)7-9-18-16(23)19-10-4-8-17-15(22)13(19)11-12-5-2-1-3-6-12/h1-3,5-6,13H,4,7-11H2,(H,17,22)(H,18,23)(H,20,21). The van der Waals surface area contributed by atoms with Gasteiger partial charge in [0.25, 0.3) is 0 Å². The highest BCUT2D eigenvalue weighted by Crippen LogP contribution is 2.13. The third-order valence-electron chi connectivity index (χ3n) is 3.70. The average molecular weight is 319 g/mol. The maximum atomic E-state index is 12.3. The summed E-state index contributed by atoms with van der Waals surface area (Å²) in [6, 6.07) is 8.52. The highest BCUT2D eigenvalue weighted by molar-refractivity contribution is 5.87. The van der Waals surface area contributed by atoms with Gasteiger partial charge in [0, 0.05) is 26.1 Å². The van der Waals surface area contributed by atoms with Crippen molar-refractivity contribution in [1.82, 2.24) is 15.5 Å². The van der Waals surface area contributed by atoms with Crippen molar-refractivity contribution in [2.75, 3.05) is 19.6 Å². The number of nitrogens with one attached hydrogen (secondary N) is 2. The summed E-state index contributed by atoms with van der Waals surface area (Å²) in [5.41, 5.74) is 0.970. The fourth-order valence-electron chi connectivity index (χ4n) is 2.54. The third-order valence-corrected chi connectivity index (χ3v) is 3.70. The van der Waals surface area contributed by atoms with Crippen LogP contribution in [0, 0.1) is 0 Å². The molecule has 0 aliphatic carbocycles. The van der Waals surface area contributed by atoms with Crippen molar-refractivity contribution < 1.29 is 19.5 Å². The van der Waals surface area contributed by atoms with Crippen LogP contribution in [0.3, 0.4) is 0 Å². The first kappa shape index (κ1) is 16.8. The predicted octanol–water partition coefficient (Wildman–Crippen LogP) is 0.604. The highest BCUT2D eigenvalue weighted by Gasteiger charge is 2.31. The van der Waals surface area contributed by atoms with Crippen LogP contribution in [-0.4, -0.2) is 53.6 Å². The van der Waals surface area contributed by atoms with Gasteiger partial charge in [-0.05, 0) is 12.0 Å². The second kappa shape index (κ2) is 8.17. The van der Waals surface area contributed by atoms with Crippen molar-refractivity contribution >= 4 is 17.9 Å². The van der Waals surface area contributed by atoms with Gasteiger partial charge in [0.2, 0.25) is 5.91 Å². The topological polar surface area (TPSA) is 98.7 Å². The van der Waals surface area contributed by atoms with E-state index in [9.17, 15) is 14.4 Å². The van der Waals surface area contributed by atoms with Crippen molar-refractivity contribution in [2.45, 2.75) is 25.3 Å². The van der Waals surface area contributed by atoms with Gasteiger partial charge < -0.3 is 20.6 Å². The molecule has 0 aromatic heterocycles. The van der Waals surface area contributed by atoms with E-state index in [1.807, 2.05) is 30.3 Å². The molecule has 124 valence electrons. The first-order chi connectivity index (χ1) is 11.1. The molecule has 1 atom stereocenters. The van der Waals surface area contributed by atoms with Crippen LogP contribution in [0.25, 0.3) is 0 Å². The molecule has 1 aliphatic heterocycles. The van der Waals surface area contributed by atoms with Crippen molar-refractivity contribution in [1.29, 1.82) is 0 Å². The number of carbonyl (C=O) groups is 3. The van der Waals surface area contributed by atoms with E-state index < -0.39 is 18.0 Å². The molecule has 0 saturated carbocycles. The molecule has 0 radical (unpaired) electrons. The number of nitrogens with zero attached hydrogens (tertiary/aromatic N) is 1. The van der Waals surface area contributed by atoms with Gasteiger partial charge in [-0.15, -0.1) is 0 Å². The Morgan fingerprint density at radius 2 is 2.04 bits per heavy atom. The Kier molecular flexibility index (Phi) is 5.96. The molecule has 1 unspecified atom stereocenters. The lowest BCUT2D eigenvalue weighted by Crippen LogP contribution is -2.52. The van der Waals surface area contributed by atoms with Crippen molar-refractivity contribution in [2.24, 2.45) is 0 Å². The first-order valence-corrected chi connectivity index (χ1v) is 7.66. The normalized spacial score (nSPS) is 18.0. The summed E-state index contributed by atoms with van der Waals surface area (Å²) in [7, 11) is 0. The summed E-state index contributed by atoms with van der Waals surface area (Å²) in [5.74, 6) is -1.15. The highest BCUT2D eigenvalue weighted by atomic mass is 16.4. The summed E-state index contributed by atoms with van der Waals surface area (Å²) >= 11 is 0. The Labute approximate surface area is 134 Å². The molecule has 23 heavy (non-hydrogen) atoms. The van der Waals surface area contributed by atoms with Gasteiger partial charge in [0.05, 0.1) is 6.42 Å². The van der Waals surface area contributed by atoms with E-state index in [-0.39, 0.29) is 18.9 Å². The predicted molar refractivity (Wildman–Crippen MR) is 83.9 cm³/mol. The maximum absolute atomic E-state index is 12.3. The van der Waals surface area contributed by atoms with Crippen LogP contribution < -0.4 is 10.6 Å². The molecule has 1 aliphatic rings.